The van der Waals surface area contributed by atoms with Crippen LogP contribution in [0.1, 0.15) is 52.0 Å². The Labute approximate surface area is 120 Å². The molecule has 1 nitrogen and oxygen atoms in total. The van der Waals surface area contributed by atoms with Crippen LogP contribution in [-0.2, 0) is 6.42 Å². The first-order valence-corrected chi connectivity index (χ1v) is 7.46. The second-order valence-corrected chi connectivity index (χ2v) is 7.06. The Hall–Kier alpha value is -1.12. The van der Waals surface area contributed by atoms with Crippen LogP contribution in [0.15, 0.2) is 12.1 Å². The highest BCUT2D eigenvalue weighted by Gasteiger charge is 2.21. The number of ether oxygens (including phenoxy) is 1. The zero-order chi connectivity index (χ0) is 14.8. The van der Waals surface area contributed by atoms with E-state index in [2.05, 4.69) is 0 Å². The van der Waals surface area contributed by atoms with E-state index >= 15 is 0 Å². The Bertz CT molecular complexity index is 457. The molecule has 2 rings (SSSR count). The van der Waals surface area contributed by atoms with Gasteiger partial charge >= 0.3 is 0 Å². The predicted octanol–water partition coefficient (Wildman–Crippen LogP) is 5.12. The van der Waals surface area contributed by atoms with Gasteiger partial charge in [-0.15, -0.1) is 0 Å². The van der Waals surface area contributed by atoms with Crippen molar-refractivity contribution < 1.29 is 13.5 Å². The van der Waals surface area contributed by atoms with E-state index in [1.165, 1.54) is 18.9 Å². The second kappa shape index (κ2) is 6.11. The van der Waals surface area contributed by atoms with Crippen LogP contribution in [0.3, 0.4) is 0 Å². The Morgan fingerprint density at radius 3 is 2.40 bits per heavy atom. The van der Waals surface area contributed by atoms with Crippen LogP contribution in [0, 0.1) is 23.0 Å². The van der Waals surface area contributed by atoms with Crippen LogP contribution in [-0.4, -0.2) is 6.61 Å². The molecule has 3 heteroatoms. The Kier molecular flexibility index (Phi) is 4.66. The van der Waals surface area contributed by atoms with Gasteiger partial charge in [0.25, 0.3) is 0 Å². The van der Waals surface area contributed by atoms with Crippen LogP contribution >= 0.6 is 0 Å². The van der Waals surface area contributed by atoms with E-state index in [0.717, 1.165) is 18.9 Å². The van der Waals surface area contributed by atoms with Gasteiger partial charge < -0.3 is 4.74 Å². The minimum Gasteiger partial charge on any atom is -0.493 e. The summed E-state index contributed by atoms with van der Waals surface area (Å²) < 4.78 is 33.2. The van der Waals surface area contributed by atoms with E-state index in [1.54, 1.807) is 0 Å². The van der Waals surface area contributed by atoms with E-state index in [9.17, 15) is 8.78 Å². The Morgan fingerprint density at radius 2 is 1.80 bits per heavy atom. The molecule has 0 unspecified atom stereocenters. The van der Waals surface area contributed by atoms with Crippen molar-refractivity contribution in [2.75, 3.05) is 6.61 Å². The smallest absolute Gasteiger partial charge is 0.133 e. The van der Waals surface area contributed by atoms with Gasteiger partial charge in [0.15, 0.2) is 0 Å². The van der Waals surface area contributed by atoms with E-state index in [4.69, 9.17) is 4.74 Å². The van der Waals surface area contributed by atoms with Gasteiger partial charge in [-0.3, -0.25) is 0 Å². The van der Waals surface area contributed by atoms with Gasteiger partial charge in [0.2, 0.25) is 0 Å². The van der Waals surface area contributed by atoms with Crippen molar-refractivity contribution in [3.8, 4) is 5.75 Å². The summed E-state index contributed by atoms with van der Waals surface area (Å²) in [4.78, 5) is 0. The molecule has 0 aromatic heterocycles. The average molecular weight is 282 g/mol. The van der Waals surface area contributed by atoms with Gasteiger partial charge in [-0.05, 0) is 30.6 Å². The molecule has 0 amide bonds. The average Bonchev–Trinajstić information content (AvgIpc) is 2.82. The lowest BCUT2D eigenvalue weighted by Gasteiger charge is -2.22. The molecule has 0 aliphatic heterocycles. The minimum atomic E-state index is -0.568. The van der Waals surface area contributed by atoms with Crippen molar-refractivity contribution in [1.29, 1.82) is 0 Å². The van der Waals surface area contributed by atoms with E-state index in [-0.39, 0.29) is 5.41 Å². The summed E-state index contributed by atoms with van der Waals surface area (Å²) >= 11 is 0. The first-order chi connectivity index (χ1) is 9.35. The first-order valence-electron chi connectivity index (χ1n) is 7.46. The van der Waals surface area contributed by atoms with Gasteiger partial charge in [0.1, 0.15) is 17.4 Å². The summed E-state index contributed by atoms with van der Waals surface area (Å²) in [7, 11) is 0. The van der Waals surface area contributed by atoms with Crippen LogP contribution < -0.4 is 4.74 Å². The summed E-state index contributed by atoms with van der Waals surface area (Å²) in [5.41, 5.74) is 0.432. The SMILES string of the molecule is CC(C)(C)Cc1c(F)cc(F)cc1OCC1CCCC1. The fourth-order valence-corrected chi connectivity index (χ4v) is 2.80. The summed E-state index contributed by atoms with van der Waals surface area (Å²) in [5, 5.41) is 0. The largest absolute Gasteiger partial charge is 0.493 e. The maximum Gasteiger partial charge on any atom is 0.133 e. The number of benzene rings is 1. The lowest BCUT2D eigenvalue weighted by molar-refractivity contribution is 0.244. The highest BCUT2D eigenvalue weighted by atomic mass is 19.1. The molecule has 0 atom stereocenters. The monoisotopic (exact) mass is 282 g/mol. The van der Waals surface area contributed by atoms with E-state index in [1.807, 2.05) is 20.8 Å². The van der Waals surface area contributed by atoms with Crippen molar-refractivity contribution in [2.45, 2.75) is 52.9 Å². The maximum absolute atomic E-state index is 14.0. The minimum absolute atomic E-state index is 0.0653. The zero-order valence-electron chi connectivity index (χ0n) is 12.6. The Morgan fingerprint density at radius 1 is 1.15 bits per heavy atom. The molecule has 1 saturated carbocycles. The standard InChI is InChI=1S/C17H24F2O/c1-17(2,3)10-14-15(19)8-13(18)9-16(14)20-11-12-6-4-5-7-12/h8-9,12H,4-7,10-11H2,1-3H3. The lowest BCUT2D eigenvalue weighted by Crippen LogP contribution is -2.15. The number of hydrogen-bond donors (Lipinski definition) is 0. The highest BCUT2D eigenvalue weighted by Crippen LogP contribution is 2.32. The van der Waals surface area contributed by atoms with Crippen LogP contribution in [0.2, 0.25) is 0 Å². The molecule has 0 bridgehead atoms. The molecule has 1 aliphatic rings. The summed E-state index contributed by atoms with van der Waals surface area (Å²) in [6, 6.07) is 2.27. The third-order valence-electron chi connectivity index (χ3n) is 3.78. The van der Waals surface area contributed by atoms with Gasteiger partial charge in [-0.1, -0.05) is 33.6 Å². The van der Waals surface area contributed by atoms with Crippen molar-refractivity contribution in [2.24, 2.45) is 11.3 Å². The van der Waals surface area contributed by atoms with Gasteiger partial charge in [0, 0.05) is 17.7 Å². The van der Waals surface area contributed by atoms with Crippen molar-refractivity contribution in [3.63, 3.8) is 0 Å². The molecule has 1 aromatic rings. The van der Waals surface area contributed by atoms with Gasteiger partial charge in [0.05, 0.1) is 6.61 Å². The Balaban J connectivity index is 2.15. The molecule has 112 valence electrons. The molecule has 0 saturated heterocycles. The molecular formula is C17H24F2O. The zero-order valence-corrected chi connectivity index (χ0v) is 12.6. The quantitative estimate of drug-likeness (QED) is 0.744. The fourth-order valence-electron chi connectivity index (χ4n) is 2.80. The molecule has 0 N–H and O–H groups in total. The summed E-state index contributed by atoms with van der Waals surface area (Å²) in [6.07, 6.45) is 5.33. The van der Waals surface area contributed by atoms with Gasteiger partial charge in [-0.2, -0.15) is 0 Å². The van der Waals surface area contributed by atoms with Crippen molar-refractivity contribution in [1.82, 2.24) is 0 Å². The highest BCUT2D eigenvalue weighted by molar-refractivity contribution is 5.36. The van der Waals surface area contributed by atoms with Crippen LogP contribution in [0.5, 0.6) is 5.75 Å². The molecule has 1 aliphatic carbocycles. The van der Waals surface area contributed by atoms with Crippen LogP contribution in [0.25, 0.3) is 0 Å². The fraction of sp³-hybridized carbons (Fsp3) is 0.647. The number of hydrogen-bond acceptors (Lipinski definition) is 1. The molecule has 0 radical (unpaired) electrons. The number of rotatable bonds is 4. The molecule has 0 spiro atoms. The second-order valence-electron chi connectivity index (χ2n) is 7.06. The first kappa shape index (κ1) is 15.3. The van der Waals surface area contributed by atoms with E-state index < -0.39 is 11.6 Å². The molecule has 1 fully saturated rings. The molecule has 1 aromatic carbocycles. The molecular weight excluding hydrogens is 258 g/mol. The third-order valence-corrected chi connectivity index (χ3v) is 3.78. The number of halogens is 2. The van der Waals surface area contributed by atoms with Crippen molar-refractivity contribution >= 4 is 0 Å². The maximum atomic E-state index is 14.0. The third kappa shape index (κ3) is 4.19. The summed E-state index contributed by atoms with van der Waals surface area (Å²) in [5.74, 6) is -0.156. The van der Waals surface area contributed by atoms with Crippen molar-refractivity contribution in [3.05, 3.63) is 29.3 Å². The molecule has 0 heterocycles. The lowest BCUT2D eigenvalue weighted by atomic mass is 9.87. The summed E-state index contributed by atoms with van der Waals surface area (Å²) in [6.45, 7) is 6.68. The molecule has 20 heavy (non-hydrogen) atoms. The van der Waals surface area contributed by atoms with Gasteiger partial charge in [-0.25, -0.2) is 8.78 Å². The van der Waals surface area contributed by atoms with E-state index in [0.29, 0.717) is 30.3 Å². The van der Waals surface area contributed by atoms with Crippen LogP contribution in [0.4, 0.5) is 8.78 Å². The normalized spacial score (nSPS) is 16.6. The topological polar surface area (TPSA) is 9.23 Å². The predicted molar refractivity (Wildman–Crippen MR) is 77.0 cm³/mol.